The molecular weight excluding hydrogens is 322 g/mol. The maximum absolute atomic E-state index is 12.4. The molecule has 6 nitrogen and oxygen atoms in total. The lowest BCUT2D eigenvalue weighted by Crippen LogP contribution is -2.40. The maximum atomic E-state index is 12.4. The van der Waals surface area contributed by atoms with E-state index < -0.39 is 6.10 Å². The van der Waals surface area contributed by atoms with Gasteiger partial charge in [-0.2, -0.15) is 0 Å². The molecule has 0 aliphatic carbocycles. The Morgan fingerprint density at radius 3 is 2.68 bits per heavy atom. The largest absolute Gasteiger partial charge is 0.485 e. The lowest BCUT2D eigenvalue weighted by atomic mass is 10.1. The van der Waals surface area contributed by atoms with Crippen molar-refractivity contribution in [1.82, 2.24) is 0 Å². The fourth-order valence-corrected chi connectivity index (χ4v) is 2.51. The van der Waals surface area contributed by atoms with Gasteiger partial charge in [-0.05, 0) is 49.7 Å². The van der Waals surface area contributed by atoms with E-state index >= 15 is 0 Å². The average Bonchev–Trinajstić information content (AvgIpc) is 2.63. The molecule has 2 aromatic carbocycles. The summed E-state index contributed by atoms with van der Waals surface area (Å²) in [5.74, 6) is 0.482. The molecule has 1 N–H and O–H groups in total. The number of amides is 1. The normalized spacial score (nSPS) is 15.4. The zero-order valence-electron chi connectivity index (χ0n) is 14.1. The first kappa shape index (κ1) is 16.8. The van der Waals surface area contributed by atoms with Gasteiger partial charge in [-0.15, -0.1) is 0 Å². The molecule has 25 heavy (non-hydrogen) atoms. The first-order valence-corrected chi connectivity index (χ1v) is 8.05. The minimum atomic E-state index is -0.737. The van der Waals surface area contributed by atoms with Crippen LogP contribution in [0.1, 0.15) is 22.8 Å². The molecule has 1 aliphatic heterocycles. The molecule has 1 heterocycles. The monoisotopic (exact) mass is 341 g/mol. The van der Waals surface area contributed by atoms with Crippen LogP contribution in [0.25, 0.3) is 0 Å². The molecule has 0 aromatic heterocycles. The SMILES string of the molecule is CCOC(=O)c1ccc(NC(=O)[C@H]2COc3ccccc3O2)c(C)c1. The highest BCUT2D eigenvalue weighted by Crippen LogP contribution is 2.31. The third kappa shape index (κ3) is 3.74. The summed E-state index contributed by atoms with van der Waals surface area (Å²) in [7, 11) is 0. The van der Waals surface area contributed by atoms with E-state index in [1.165, 1.54) is 0 Å². The number of carbonyl (C=O) groups excluding carboxylic acids is 2. The molecule has 0 spiro atoms. The number of rotatable bonds is 4. The second kappa shape index (κ2) is 7.25. The van der Waals surface area contributed by atoms with Gasteiger partial charge in [0.05, 0.1) is 12.2 Å². The van der Waals surface area contributed by atoms with Crippen LogP contribution in [-0.4, -0.2) is 31.2 Å². The standard InChI is InChI=1S/C19H19NO5/c1-3-23-19(22)13-8-9-14(12(2)10-13)20-18(21)17-11-24-15-6-4-5-7-16(15)25-17/h4-10,17H,3,11H2,1-2H3,(H,20,21)/t17-/m1/s1. The minimum Gasteiger partial charge on any atom is -0.485 e. The van der Waals surface area contributed by atoms with E-state index in [1.807, 2.05) is 19.1 Å². The van der Waals surface area contributed by atoms with Crippen LogP contribution >= 0.6 is 0 Å². The van der Waals surface area contributed by atoms with Gasteiger partial charge in [-0.25, -0.2) is 4.79 Å². The number of hydrogen-bond donors (Lipinski definition) is 1. The molecule has 1 aliphatic rings. The second-order valence-electron chi connectivity index (χ2n) is 5.60. The molecule has 0 saturated heterocycles. The third-order valence-electron chi connectivity index (χ3n) is 3.80. The lowest BCUT2D eigenvalue weighted by molar-refractivity contribution is -0.125. The quantitative estimate of drug-likeness (QED) is 0.866. The molecule has 0 bridgehead atoms. The van der Waals surface area contributed by atoms with E-state index in [-0.39, 0.29) is 18.5 Å². The molecule has 0 fully saturated rings. The number of fused-ring (bicyclic) bond motifs is 1. The fourth-order valence-electron chi connectivity index (χ4n) is 2.51. The number of aryl methyl sites for hydroxylation is 1. The van der Waals surface area contributed by atoms with Crippen LogP contribution in [0.4, 0.5) is 5.69 Å². The van der Waals surface area contributed by atoms with Crippen molar-refractivity contribution < 1.29 is 23.8 Å². The maximum Gasteiger partial charge on any atom is 0.338 e. The summed E-state index contributed by atoms with van der Waals surface area (Å²) in [6, 6.07) is 12.2. The molecule has 0 unspecified atom stereocenters. The molecule has 6 heteroatoms. The van der Waals surface area contributed by atoms with Crippen LogP contribution in [0.3, 0.4) is 0 Å². The van der Waals surface area contributed by atoms with Gasteiger partial charge >= 0.3 is 5.97 Å². The van der Waals surface area contributed by atoms with Crippen molar-refractivity contribution in [3.05, 3.63) is 53.6 Å². The molecule has 1 atom stereocenters. The Kier molecular flexibility index (Phi) is 4.88. The molecule has 1 amide bonds. The zero-order valence-corrected chi connectivity index (χ0v) is 14.1. The first-order chi connectivity index (χ1) is 12.1. The van der Waals surface area contributed by atoms with Gasteiger partial charge in [0.25, 0.3) is 5.91 Å². The number of anilines is 1. The van der Waals surface area contributed by atoms with E-state index in [9.17, 15) is 9.59 Å². The summed E-state index contributed by atoms with van der Waals surface area (Å²) in [6.45, 7) is 4.02. The van der Waals surface area contributed by atoms with Gasteiger partial charge < -0.3 is 19.5 Å². The van der Waals surface area contributed by atoms with Crippen LogP contribution in [0.5, 0.6) is 11.5 Å². The van der Waals surface area contributed by atoms with Crippen molar-refractivity contribution in [2.75, 3.05) is 18.5 Å². The Balaban J connectivity index is 1.68. The number of benzene rings is 2. The molecule has 3 rings (SSSR count). The highest BCUT2D eigenvalue weighted by Gasteiger charge is 2.27. The summed E-state index contributed by atoms with van der Waals surface area (Å²) in [6.07, 6.45) is -0.737. The van der Waals surface area contributed by atoms with Crippen molar-refractivity contribution >= 4 is 17.6 Å². The van der Waals surface area contributed by atoms with E-state index in [2.05, 4.69) is 5.32 Å². The van der Waals surface area contributed by atoms with E-state index in [0.717, 1.165) is 5.56 Å². The Bertz CT molecular complexity index is 802. The van der Waals surface area contributed by atoms with E-state index in [4.69, 9.17) is 14.2 Å². The Morgan fingerprint density at radius 1 is 1.20 bits per heavy atom. The number of carbonyl (C=O) groups is 2. The van der Waals surface area contributed by atoms with Gasteiger partial charge in [-0.3, -0.25) is 4.79 Å². The topological polar surface area (TPSA) is 73.9 Å². The second-order valence-corrected chi connectivity index (χ2v) is 5.60. The van der Waals surface area contributed by atoms with Crippen LogP contribution in [-0.2, 0) is 9.53 Å². The minimum absolute atomic E-state index is 0.142. The van der Waals surface area contributed by atoms with Crippen molar-refractivity contribution in [1.29, 1.82) is 0 Å². The number of nitrogens with one attached hydrogen (secondary N) is 1. The smallest absolute Gasteiger partial charge is 0.338 e. The summed E-state index contributed by atoms with van der Waals surface area (Å²) < 4.78 is 16.2. The van der Waals surface area contributed by atoms with Gasteiger partial charge in [0.2, 0.25) is 6.10 Å². The Hall–Kier alpha value is -3.02. The van der Waals surface area contributed by atoms with Gasteiger partial charge in [0, 0.05) is 5.69 Å². The van der Waals surface area contributed by atoms with Crippen molar-refractivity contribution in [3.63, 3.8) is 0 Å². The Morgan fingerprint density at radius 2 is 1.96 bits per heavy atom. The lowest BCUT2D eigenvalue weighted by Gasteiger charge is -2.25. The number of ether oxygens (including phenoxy) is 3. The first-order valence-electron chi connectivity index (χ1n) is 8.05. The Labute approximate surface area is 145 Å². The van der Waals surface area contributed by atoms with Crippen LogP contribution in [0, 0.1) is 6.92 Å². The van der Waals surface area contributed by atoms with Crippen molar-refractivity contribution in [2.45, 2.75) is 20.0 Å². The van der Waals surface area contributed by atoms with Gasteiger partial charge in [-0.1, -0.05) is 12.1 Å². The van der Waals surface area contributed by atoms with Crippen molar-refractivity contribution in [2.24, 2.45) is 0 Å². The summed E-state index contributed by atoms with van der Waals surface area (Å²) in [5.41, 5.74) is 1.82. The van der Waals surface area contributed by atoms with Crippen molar-refractivity contribution in [3.8, 4) is 11.5 Å². The third-order valence-corrected chi connectivity index (χ3v) is 3.80. The molecule has 130 valence electrons. The predicted octanol–water partition coefficient (Wildman–Crippen LogP) is 2.95. The molecule has 0 saturated carbocycles. The fraction of sp³-hybridized carbons (Fsp3) is 0.263. The zero-order chi connectivity index (χ0) is 17.8. The summed E-state index contributed by atoms with van der Waals surface area (Å²) >= 11 is 0. The van der Waals surface area contributed by atoms with E-state index in [1.54, 1.807) is 37.3 Å². The highest BCUT2D eigenvalue weighted by molar-refractivity contribution is 5.96. The van der Waals surface area contributed by atoms with Crippen LogP contribution in [0.2, 0.25) is 0 Å². The van der Waals surface area contributed by atoms with Gasteiger partial charge in [0.1, 0.15) is 6.61 Å². The highest BCUT2D eigenvalue weighted by atomic mass is 16.6. The van der Waals surface area contributed by atoms with Crippen LogP contribution < -0.4 is 14.8 Å². The molecule has 0 radical (unpaired) electrons. The number of hydrogen-bond acceptors (Lipinski definition) is 5. The molecule has 2 aromatic rings. The van der Waals surface area contributed by atoms with Crippen LogP contribution in [0.15, 0.2) is 42.5 Å². The number of esters is 1. The number of para-hydroxylation sites is 2. The van der Waals surface area contributed by atoms with Gasteiger partial charge in [0.15, 0.2) is 11.5 Å². The van der Waals surface area contributed by atoms with E-state index in [0.29, 0.717) is 29.4 Å². The summed E-state index contributed by atoms with van der Waals surface area (Å²) in [5, 5.41) is 2.81. The molecular formula is C19H19NO5. The summed E-state index contributed by atoms with van der Waals surface area (Å²) in [4.78, 5) is 24.2. The predicted molar refractivity (Wildman–Crippen MR) is 92.1 cm³/mol. The average molecular weight is 341 g/mol.